The summed E-state index contributed by atoms with van der Waals surface area (Å²) in [6.45, 7) is 4.90. The normalized spacial score (nSPS) is 13.0. The number of carboxylic acids is 1. The van der Waals surface area contributed by atoms with E-state index in [1.165, 1.54) is 193 Å². The average molecular weight is 1000 g/mol. The molecule has 2 atom stereocenters. The van der Waals surface area contributed by atoms with Crippen molar-refractivity contribution in [2.24, 2.45) is 0 Å². The lowest BCUT2D eigenvalue weighted by Gasteiger charge is -2.25. The first kappa shape index (κ1) is 68.5. The lowest BCUT2D eigenvalue weighted by atomic mass is 10.0. The fourth-order valence-corrected chi connectivity index (χ4v) is 8.73. The molecule has 0 heterocycles. The topological polar surface area (TPSA) is 108 Å². The van der Waals surface area contributed by atoms with Crippen LogP contribution in [0.2, 0.25) is 0 Å². The van der Waals surface area contributed by atoms with Gasteiger partial charge in [-0.2, -0.15) is 0 Å². The molecule has 0 rings (SSSR count). The molecule has 0 amide bonds. The minimum absolute atomic E-state index is 0.181. The highest BCUT2D eigenvalue weighted by atomic mass is 16.7. The molecule has 0 saturated heterocycles. The van der Waals surface area contributed by atoms with Crippen molar-refractivity contribution in [3.8, 4) is 0 Å². The summed E-state index contributed by atoms with van der Waals surface area (Å²) in [7, 11) is 5.97. The zero-order valence-electron chi connectivity index (χ0n) is 47.4. The Hall–Kier alpha value is -2.49. The zero-order chi connectivity index (χ0) is 52.0. The first-order valence-corrected chi connectivity index (χ1v) is 30.2. The molecule has 0 spiro atoms. The van der Waals surface area contributed by atoms with Gasteiger partial charge in [0, 0.05) is 12.8 Å². The summed E-state index contributed by atoms with van der Waals surface area (Å²) in [5.41, 5.74) is 0. The molecule has 0 radical (unpaired) electrons. The quantitative estimate of drug-likeness (QED) is 0.0211. The largest absolute Gasteiger partial charge is 0.477 e. The van der Waals surface area contributed by atoms with Gasteiger partial charge in [0.05, 0.1) is 34.4 Å². The maximum atomic E-state index is 12.9. The highest BCUT2D eigenvalue weighted by molar-refractivity contribution is 5.71. The van der Waals surface area contributed by atoms with E-state index in [1.807, 2.05) is 21.1 Å². The van der Waals surface area contributed by atoms with Crippen LogP contribution in [-0.4, -0.2) is 87.4 Å². The van der Waals surface area contributed by atoms with Gasteiger partial charge < -0.3 is 28.5 Å². The summed E-state index contributed by atoms with van der Waals surface area (Å²) in [5.74, 6) is -2.00. The van der Waals surface area contributed by atoms with E-state index >= 15 is 0 Å². The van der Waals surface area contributed by atoms with E-state index in [4.69, 9.17) is 18.9 Å². The first-order chi connectivity index (χ1) is 34.6. The van der Waals surface area contributed by atoms with Gasteiger partial charge in [-0.25, -0.2) is 4.79 Å². The molecule has 71 heavy (non-hydrogen) atoms. The average Bonchev–Trinajstić information content (AvgIpc) is 3.34. The van der Waals surface area contributed by atoms with Gasteiger partial charge in [-0.15, -0.1) is 0 Å². The van der Waals surface area contributed by atoms with Crippen LogP contribution in [0.5, 0.6) is 0 Å². The van der Waals surface area contributed by atoms with Crippen LogP contribution >= 0.6 is 0 Å². The van der Waals surface area contributed by atoms with E-state index in [9.17, 15) is 19.5 Å². The number of nitrogens with zero attached hydrogens (tertiary/aromatic N) is 1. The van der Waals surface area contributed by atoms with E-state index in [2.05, 4.69) is 50.3 Å². The fraction of sp³-hybridized carbons (Fsp3) is 0.855. The number of hydrogen-bond donors (Lipinski definition) is 1. The molecule has 416 valence electrons. The van der Waals surface area contributed by atoms with Crippen molar-refractivity contribution in [2.75, 3.05) is 47.5 Å². The molecular formula is C62H116NO8+. The molecule has 0 aliphatic rings. The molecule has 1 N–H and O–H groups in total. The van der Waals surface area contributed by atoms with Gasteiger partial charge in [0.1, 0.15) is 13.2 Å². The Morgan fingerprint density at radius 1 is 0.423 bits per heavy atom. The second-order valence-electron chi connectivity index (χ2n) is 21.7. The molecular weight excluding hydrogens is 887 g/mol. The Bertz CT molecular complexity index is 1260. The number of allylic oxidation sites excluding steroid dienone is 6. The predicted molar refractivity (Wildman–Crippen MR) is 300 cm³/mol. The number of carbonyl (C=O) groups is 3. The summed E-state index contributed by atoms with van der Waals surface area (Å²) in [4.78, 5) is 37.5. The third-order valence-electron chi connectivity index (χ3n) is 13.4. The smallest absolute Gasteiger partial charge is 0.361 e. The number of carboxylic acid groups (broad SMARTS) is 1. The van der Waals surface area contributed by atoms with Crippen LogP contribution < -0.4 is 0 Å². The van der Waals surface area contributed by atoms with Crippen molar-refractivity contribution in [3.63, 3.8) is 0 Å². The van der Waals surface area contributed by atoms with E-state index in [1.54, 1.807) is 0 Å². The number of likely N-dealkylation sites (N-methyl/N-ethyl adjacent to an activating group) is 1. The van der Waals surface area contributed by atoms with Crippen molar-refractivity contribution in [1.82, 2.24) is 0 Å². The third-order valence-corrected chi connectivity index (χ3v) is 13.4. The summed E-state index contributed by atoms with van der Waals surface area (Å²) in [6, 6.07) is 0. The van der Waals surface area contributed by atoms with Crippen molar-refractivity contribution in [1.29, 1.82) is 0 Å². The summed E-state index contributed by atoms with van der Waals surface area (Å²) in [6.07, 6.45) is 62.2. The van der Waals surface area contributed by atoms with Crippen molar-refractivity contribution in [2.45, 2.75) is 296 Å². The molecule has 0 aromatic heterocycles. The van der Waals surface area contributed by atoms with Gasteiger partial charge in [-0.05, 0) is 51.4 Å². The minimum atomic E-state index is -1.51. The number of quaternary nitrogens is 1. The third kappa shape index (κ3) is 55.1. The second kappa shape index (κ2) is 53.8. The standard InChI is InChI=1S/C62H115NO8/c1-6-8-10-12-14-16-18-20-22-24-26-28-30-32-34-36-38-40-42-44-46-48-50-52-59(64)69-56-58(57-70-62(61(66)67)68-55-54-63(3,4)5)71-60(65)53-51-49-47-45-43-41-39-37-35-33-31-29-27-25-23-21-19-17-15-13-11-9-7-2/h19,21,25,27,31,33,58,62H,6-18,20,22-24,26,28-30,32,34-57H2,1-5H3/p+1/b21-19-,27-25-,33-31-. The fourth-order valence-electron chi connectivity index (χ4n) is 8.73. The van der Waals surface area contributed by atoms with Crippen LogP contribution in [0.3, 0.4) is 0 Å². The highest BCUT2D eigenvalue weighted by Gasteiger charge is 2.25. The van der Waals surface area contributed by atoms with Crippen LogP contribution in [0, 0.1) is 0 Å². The maximum Gasteiger partial charge on any atom is 0.361 e. The lowest BCUT2D eigenvalue weighted by molar-refractivity contribution is -0.870. The molecule has 0 aliphatic carbocycles. The minimum Gasteiger partial charge on any atom is -0.477 e. The molecule has 0 aromatic rings. The van der Waals surface area contributed by atoms with Crippen molar-refractivity contribution < 1.29 is 42.9 Å². The number of esters is 2. The molecule has 0 aliphatic heterocycles. The van der Waals surface area contributed by atoms with Gasteiger partial charge in [0.2, 0.25) is 0 Å². The van der Waals surface area contributed by atoms with Gasteiger partial charge in [-0.1, -0.05) is 256 Å². The SMILES string of the molecule is CCCCCCC/C=C\C/C=C\C/C=C\CCCCCCCCCCC(=O)OC(COC(=O)CCCCCCCCCCCCCCCCCCCCCCCCC)COC(OCC[N+](C)(C)C)C(=O)O. The second-order valence-corrected chi connectivity index (χ2v) is 21.7. The number of aliphatic carboxylic acids is 1. The number of unbranched alkanes of at least 4 members (excludes halogenated alkanes) is 35. The molecule has 0 bridgehead atoms. The molecule has 9 heteroatoms. The number of carbonyl (C=O) groups excluding carboxylic acids is 2. The van der Waals surface area contributed by atoms with E-state index in [0.717, 1.165) is 57.8 Å². The van der Waals surface area contributed by atoms with Crippen LogP contribution in [0.15, 0.2) is 36.5 Å². The molecule has 0 aromatic carbocycles. The Morgan fingerprint density at radius 3 is 1.13 bits per heavy atom. The first-order valence-electron chi connectivity index (χ1n) is 30.2. The summed E-state index contributed by atoms with van der Waals surface area (Å²) in [5, 5.41) is 9.71. The Labute approximate surface area is 439 Å². The van der Waals surface area contributed by atoms with E-state index in [-0.39, 0.29) is 32.2 Å². The molecule has 2 unspecified atom stereocenters. The number of hydrogen-bond acceptors (Lipinski definition) is 7. The van der Waals surface area contributed by atoms with Gasteiger partial charge in [-0.3, -0.25) is 9.59 Å². The highest BCUT2D eigenvalue weighted by Crippen LogP contribution is 2.17. The molecule has 9 nitrogen and oxygen atoms in total. The summed E-state index contributed by atoms with van der Waals surface area (Å²) >= 11 is 0. The Kier molecular flexibility index (Phi) is 51.9. The zero-order valence-corrected chi connectivity index (χ0v) is 47.4. The monoisotopic (exact) mass is 1000 g/mol. The Morgan fingerprint density at radius 2 is 0.761 bits per heavy atom. The van der Waals surface area contributed by atoms with Crippen LogP contribution in [-0.2, 0) is 33.3 Å². The van der Waals surface area contributed by atoms with Gasteiger partial charge in [0.25, 0.3) is 6.29 Å². The van der Waals surface area contributed by atoms with Crippen molar-refractivity contribution in [3.05, 3.63) is 36.5 Å². The van der Waals surface area contributed by atoms with Gasteiger partial charge >= 0.3 is 17.9 Å². The maximum absolute atomic E-state index is 12.9. The Balaban J connectivity index is 4.22. The molecule has 0 saturated carbocycles. The predicted octanol–water partition coefficient (Wildman–Crippen LogP) is 17.7. The van der Waals surface area contributed by atoms with E-state index in [0.29, 0.717) is 23.9 Å². The summed E-state index contributed by atoms with van der Waals surface area (Å²) < 4.78 is 22.9. The van der Waals surface area contributed by atoms with Crippen molar-refractivity contribution >= 4 is 17.9 Å². The molecule has 0 fully saturated rings. The lowest BCUT2D eigenvalue weighted by Crippen LogP contribution is -2.40. The van der Waals surface area contributed by atoms with Crippen LogP contribution in [0.1, 0.15) is 284 Å². The number of ether oxygens (including phenoxy) is 4. The van der Waals surface area contributed by atoms with Crippen LogP contribution in [0.25, 0.3) is 0 Å². The number of rotatable bonds is 56. The van der Waals surface area contributed by atoms with Gasteiger partial charge in [0.15, 0.2) is 6.10 Å². The van der Waals surface area contributed by atoms with Crippen LogP contribution in [0.4, 0.5) is 0 Å². The van der Waals surface area contributed by atoms with E-state index < -0.39 is 24.3 Å².